The fourth-order valence-corrected chi connectivity index (χ4v) is 3.10. The predicted octanol–water partition coefficient (Wildman–Crippen LogP) is 5.07. The number of hydrogen-bond donors (Lipinski definition) is 0. The number of methoxy groups -OCH3 is 1. The van der Waals surface area contributed by atoms with Crippen LogP contribution in [0.2, 0.25) is 0 Å². The molecule has 0 bridgehead atoms. The number of hydrogen-bond acceptors (Lipinski definition) is 3. The van der Waals surface area contributed by atoms with Gasteiger partial charge in [-0.1, -0.05) is 36.4 Å². The molecule has 0 unspecified atom stereocenters. The van der Waals surface area contributed by atoms with Crippen molar-refractivity contribution >= 4 is 0 Å². The Balaban J connectivity index is 1.77. The van der Waals surface area contributed by atoms with E-state index in [9.17, 15) is 0 Å². The van der Waals surface area contributed by atoms with E-state index in [4.69, 9.17) is 14.2 Å². The van der Waals surface area contributed by atoms with E-state index >= 15 is 0 Å². The summed E-state index contributed by atoms with van der Waals surface area (Å²) in [6.07, 6.45) is 0. The molecule has 120 valence electrons. The summed E-state index contributed by atoms with van der Waals surface area (Å²) in [5, 5.41) is 0. The van der Waals surface area contributed by atoms with E-state index in [1.54, 1.807) is 7.11 Å². The molecular formula is C21H18O3. The van der Waals surface area contributed by atoms with Crippen LogP contribution in [0, 0.1) is 6.92 Å². The molecule has 0 saturated heterocycles. The Morgan fingerprint density at radius 1 is 0.792 bits per heavy atom. The number of rotatable bonds is 3. The van der Waals surface area contributed by atoms with Crippen molar-refractivity contribution in [2.24, 2.45) is 0 Å². The molecule has 3 nitrogen and oxygen atoms in total. The quantitative estimate of drug-likeness (QED) is 0.675. The summed E-state index contributed by atoms with van der Waals surface area (Å²) in [6.45, 7) is 2.45. The van der Waals surface area contributed by atoms with Crippen LogP contribution >= 0.6 is 0 Å². The molecule has 0 saturated carbocycles. The summed E-state index contributed by atoms with van der Waals surface area (Å²) >= 11 is 0. The zero-order valence-corrected chi connectivity index (χ0v) is 13.7. The van der Waals surface area contributed by atoms with Crippen molar-refractivity contribution in [2.45, 2.75) is 6.92 Å². The van der Waals surface area contributed by atoms with E-state index < -0.39 is 0 Å². The molecule has 3 heteroatoms. The number of fused-ring (bicyclic) bond motifs is 1. The molecule has 0 spiro atoms. The average Bonchev–Trinajstić information content (AvgIpc) is 3.10. The lowest BCUT2D eigenvalue weighted by Gasteiger charge is -2.13. The van der Waals surface area contributed by atoms with Crippen LogP contribution in [-0.4, -0.2) is 13.9 Å². The summed E-state index contributed by atoms with van der Waals surface area (Å²) in [5.41, 5.74) is 5.96. The second kappa shape index (κ2) is 5.93. The third kappa shape index (κ3) is 2.48. The van der Waals surface area contributed by atoms with Crippen LogP contribution in [0.1, 0.15) is 5.56 Å². The van der Waals surface area contributed by atoms with Gasteiger partial charge in [-0.3, -0.25) is 0 Å². The van der Waals surface area contributed by atoms with Crippen molar-refractivity contribution in [1.82, 2.24) is 0 Å². The van der Waals surface area contributed by atoms with Crippen LogP contribution in [0.4, 0.5) is 0 Å². The van der Waals surface area contributed by atoms with Crippen LogP contribution in [0.5, 0.6) is 17.2 Å². The van der Waals surface area contributed by atoms with Gasteiger partial charge in [-0.15, -0.1) is 0 Å². The second-order valence-electron chi connectivity index (χ2n) is 5.77. The Morgan fingerprint density at radius 3 is 2.21 bits per heavy atom. The first-order chi connectivity index (χ1) is 11.8. The lowest BCUT2D eigenvalue weighted by molar-refractivity contribution is 0.174. The molecule has 0 aromatic heterocycles. The lowest BCUT2D eigenvalue weighted by Crippen LogP contribution is -1.93. The molecule has 1 heterocycles. The molecule has 0 atom stereocenters. The maximum Gasteiger partial charge on any atom is 0.231 e. The SMILES string of the molecule is COc1ccc(-c2cccc(-c3ccc4c(c3)OCO4)c2C)cc1. The predicted molar refractivity (Wildman–Crippen MR) is 94.7 cm³/mol. The monoisotopic (exact) mass is 318 g/mol. The van der Waals surface area contributed by atoms with Crippen LogP contribution in [-0.2, 0) is 0 Å². The van der Waals surface area contributed by atoms with Gasteiger partial charge >= 0.3 is 0 Å². The topological polar surface area (TPSA) is 27.7 Å². The summed E-state index contributed by atoms with van der Waals surface area (Å²) in [6, 6.07) is 20.6. The molecule has 0 amide bonds. The summed E-state index contributed by atoms with van der Waals surface area (Å²) in [5.74, 6) is 2.48. The molecule has 0 radical (unpaired) electrons. The maximum atomic E-state index is 5.50. The van der Waals surface area contributed by atoms with Crippen LogP contribution in [0.3, 0.4) is 0 Å². The van der Waals surface area contributed by atoms with Crippen molar-refractivity contribution < 1.29 is 14.2 Å². The molecule has 4 rings (SSSR count). The standard InChI is InChI=1S/C21H18O3/c1-14-18(15-6-9-17(22-2)10-7-15)4-3-5-19(14)16-8-11-20-21(12-16)24-13-23-20/h3-12H,13H2,1-2H3. The summed E-state index contributed by atoms with van der Waals surface area (Å²) < 4.78 is 16.2. The Morgan fingerprint density at radius 2 is 1.46 bits per heavy atom. The molecule has 0 fully saturated rings. The summed E-state index contributed by atoms with van der Waals surface area (Å²) in [4.78, 5) is 0. The molecule has 1 aliphatic heterocycles. The Hall–Kier alpha value is -2.94. The van der Waals surface area contributed by atoms with Gasteiger partial charge in [0.15, 0.2) is 11.5 Å². The minimum Gasteiger partial charge on any atom is -0.497 e. The first kappa shape index (κ1) is 14.6. The van der Waals surface area contributed by atoms with Gasteiger partial charge in [-0.05, 0) is 59.0 Å². The highest BCUT2D eigenvalue weighted by Gasteiger charge is 2.15. The van der Waals surface area contributed by atoms with Crippen molar-refractivity contribution in [1.29, 1.82) is 0 Å². The van der Waals surface area contributed by atoms with E-state index in [0.717, 1.165) is 22.8 Å². The third-order valence-corrected chi connectivity index (χ3v) is 4.42. The number of ether oxygens (including phenoxy) is 3. The highest BCUT2D eigenvalue weighted by molar-refractivity contribution is 5.79. The first-order valence-electron chi connectivity index (χ1n) is 7.90. The fourth-order valence-electron chi connectivity index (χ4n) is 3.10. The molecule has 24 heavy (non-hydrogen) atoms. The Bertz CT molecular complexity index is 882. The highest BCUT2D eigenvalue weighted by atomic mass is 16.7. The largest absolute Gasteiger partial charge is 0.497 e. The highest BCUT2D eigenvalue weighted by Crippen LogP contribution is 2.38. The maximum absolute atomic E-state index is 5.50. The van der Waals surface area contributed by atoms with Crippen LogP contribution < -0.4 is 14.2 Å². The molecular weight excluding hydrogens is 300 g/mol. The van der Waals surface area contributed by atoms with Gasteiger partial charge < -0.3 is 14.2 Å². The smallest absolute Gasteiger partial charge is 0.231 e. The third-order valence-electron chi connectivity index (χ3n) is 4.42. The fraction of sp³-hybridized carbons (Fsp3) is 0.143. The van der Waals surface area contributed by atoms with E-state index in [1.165, 1.54) is 22.3 Å². The normalized spacial score (nSPS) is 12.2. The van der Waals surface area contributed by atoms with Gasteiger partial charge in [0.05, 0.1) is 7.11 Å². The molecule has 3 aromatic carbocycles. The van der Waals surface area contributed by atoms with Gasteiger partial charge in [0.2, 0.25) is 6.79 Å². The zero-order chi connectivity index (χ0) is 16.5. The van der Waals surface area contributed by atoms with E-state index in [1.807, 2.05) is 24.3 Å². The van der Waals surface area contributed by atoms with Gasteiger partial charge in [0.1, 0.15) is 5.75 Å². The Kier molecular flexibility index (Phi) is 3.62. The van der Waals surface area contributed by atoms with Crippen molar-refractivity contribution in [3.63, 3.8) is 0 Å². The van der Waals surface area contributed by atoms with Gasteiger partial charge in [0, 0.05) is 0 Å². The van der Waals surface area contributed by atoms with Gasteiger partial charge in [0.25, 0.3) is 0 Å². The van der Waals surface area contributed by atoms with Crippen molar-refractivity contribution in [3.8, 4) is 39.5 Å². The lowest BCUT2D eigenvalue weighted by atomic mass is 9.92. The molecule has 3 aromatic rings. The molecule has 0 aliphatic carbocycles. The molecule has 1 aliphatic rings. The average molecular weight is 318 g/mol. The van der Waals surface area contributed by atoms with Crippen molar-refractivity contribution in [3.05, 3.63) is 66.2 Å². The number of benzene rings is 3. The Labute approximate surface area is 141 Å². The minimum atomic E-state index is 0.295. The second-order valence-corrected chi connectivity index (χ2v) is 5.77. The van der Waals surface area contributed by atoms with Gasteiger partial charge in [-0.2, -0.15) is 0 Å². The van der Waals surface area contributed by atoms with Crippen LogP contribution in [0.15, 0.2) is 60.7 Å². The van der Waals surface area contributed by atoms with E-state index in [0.29, 0.717) is 6.79 Å². The van der Waals surface area contributed by atoms with E-state index in [2.05, 4.69) is 43.3 Å². The van der Waals surface area contributed by atoms with Crippen LogP contribution in [0.25, 0.3) is 22.3 Å². The minimum absolute atomic E-state index is 0.295. The zero-order valence-electron chi connectivity index (χ0n) is 13.7. The van der Waals surface area contributed by atoms with E-state index in [-0.39, 0.29) is 0 Å². The summed E-state index contributed by atoms with van der Waals surface area (Å²) in [7, 11) is 1.68. The first-order valence-corrected chi connectivity index (χ1v) is 7.90. The van der Waals surface area contributed by atoms with Crippen molar-refractivity contribution in [2.75, 3.05) is 13.9 Å². The molecule has 0 N–H and O–H groups in total. The van der Waals surface area contributed by atoms with Gasteiger partial charge in [-0.25, -0.2) is 0 Å².